The van der Waals surface area contributed by atoms with Gasteiger partial charge in [-0.05, 0) is 30.5 Å². The SMILES string of the molecule is COc1ccc(CN=C(N)N2CCCCCC2)cc1F.I. The van der Waals surface area contributed by atoms with Gasteiger partial charge in [-0.1, -0.05) is 18.9 Å². The number of nitrogens with zero attached hydrogens (tertiary/aromatic N) is 2. The minimum atomic E-state index is -0.367. The van der Waals surface area contributed by atoms with Gasteiger partial charge < -0.3 is 15.4 Å². The molecule has 1 fully saturated rings. The van der Waals surface area contributed by atoms with Crippen molar-refractivity contribution in [2.75, 3.05) is 20.2 Å². The molecule has 6 heteroatoms. The van der Waals surface area contributed by atoms with Gasteiger partial charge in [0.05, 0.1) is 13.7 Å². The highest BCUT2D eigenvalue weighted by Crippen LogP contribution is 2.18. The molecule has 0 unspecified atom stereocenters. The largest absolute Gasteiger partial charge is 0.494 e. The zero-order valence-corrected chi connectivity index (χ0v) is 14.7. The Labute approximate surface area is 142 Å². The number of benzene rings is 1. The second kappa shape index (κ2) is 9.07. The number of halogens is 2. The van der Waals surface area contributed by atoms with E-state index >= 15 is 0 Å². The molecule has 1 heterocycles. The molecular formula is C15H23FIN3O. The van der Waals surface area contributed by atoms with Gasteiger partial charge >= 0.3 is 0 Å². The van der Waals surface area contributed by atoms with Crippen LogP contribution in [0.1, 0.15) is 31.2 Å². The summed E-state index contributed by atoms with van der Waals surface area (Å²) in [5.74, 6) is 0.440. The molecule has 0 bridgehead atoms. The number of hydrogen-bond acceptors (Lipinski definition) is 2. The molecule has 1 saturated heterocycles. The number of methoxy groups -OCH3 is 1. The second-order valence-electron chi connectivity index (χ2n) is 5.04. The molecule has 0 radical (unpaired) electrons. The summed E-state index contributed by atoms with van der Waals surface area (Å²) in [4.78, 5) is 6.49. The molecule has 1 aromatic rings. The first-order valence-electron chi connectivity index (χ1n) is 7.08. The van der Waals surface area contributed by atoms with Crippen molar-refractivity contribution in [1.82, 2.24) is 4.90 Å². The minimum Gasteiger partial charge on any atom is -0.494 e. The van der Waals surface area contributed by atoms with Gasteiger partial charge in [-0.3, -0.25) is 0 Å². The predicted molar refractivity (Wildman–Crippen MR) is 93.7 cm³/mol. The topological polar surface area (TPSA) is 50.9 Å². The van der Waals surface area contributed by atoms with Crippen LogP contribution in [0.15, 0.2) is 23.2 Å². The van der Waals surface area contributed by atoms with Crippen molar-refractivity contribution in [3.63, 3.8) is 0 Å². The summed E-state index contributed by atoms with van der Waals surface area (Å²) >= 11 is 0. The maximum absolute atomic E-state index is 13.6. The third kappa shape index (κ3) is 5.33. The molecule has 2 N–H and O–H groups in total. The van der Waals surface area contributed by atoms with Gasteiger partial charge in [0.1, 0.15) is 0 Å². The van der Waals surface area contributed by atoms with Crippen LogP contribution in [0.5, 0.6) is 5.75 Å². The highest BCUT2D eigenvalue weighted by Gasteiger charge is 2.10. The van der Waals surface area contributed by atoms with Crippen LogP contribution in [0.3, 0.4) is 0 Å². The van der Waals surface area contributed by atoms with Gasteiger partial charge in [0, 0.05) is 13.1 Å². The van der Waals surface area contributed by atoms with Crippen LogP contribution in [0, 0.1) is 5.82 Å². The van der Waals surface area contributed by atoms with E-state index in [9.17, 15) is 4.39 Å². The first-order chi connectivity index (χ1) is 9.70. The van der Waals surface area contributed by atoms with Crippen molar-refractivity contribution in [3.8, 4) is 5.75 Å². The number of ether oxygens (including phenoxy) is 1. The lowest BCUT2D eigenvalue weighted by Crippen LogP contribution is -2.38. The van der Waals surface area contributed by atoms with E-state index in [2.05, 4.69) is 9.89 Å². The summed E-state index contributed by atoms with van der Waals surface area (Å²) in [5, 5.41) is 0. The highest BCUT2D eigenvalue weighted by atomic mass is 127. The molecule has 0 spiro atoms. The number of likely N-dealkylation sites (tertiary alicyclic amines) is 1. The van der Waals surface area contributed by atoms with Crippen molar-refractivity contribution in [2.45, 2.75) is 32.2 Å². The molecular weight excluding hydrogens is 384 g/mol. The lowest BCUT2D eigenvalue weighted by molar-refractivity contribution is 0.386. The monoisotopic (exact) mass is 407 g/mol. The Morgan fingerprint density at radius 3 is 2.52 bits per heavy atom. The molecule has 0 aliphatic carbocycles. The first-order valence-corrected chi connectivity index (χ1v) is 7.08. The maximum Gasteiger partial charge on any atom is 0.191 e. The number of guanidine groups is 1. The molecule has 118 valence electrons. The molecule has 4 nitrogen and oxygen atoms in total. The van der Waals surface area contributed by atoms with E-state index in [-0.39, 0.29) is 35.5 Å². The van der Waals surface area contributed by atoms with Crippen LogP contribution in [0.4, 0.5) is 4.39 Å². The second-order valence-corrected chi connectivity index (χ2v) is 5.04. The van der Waals surface area contributed by atoms with Gasteiger partial charge in [0.25, 0.3) is 0 Å². The first kappa shape index (κ1) is 18.0. The fourth-order valence-corrected chi connectivity index (χ4v) is 2.38. The predicted octanol–water partition coefficient (Wildman–Crippen LogP) is 3.14. The van der Waals surface area contributed by atoms with Gasteiger partial charge in [-0.2, -0.15) is 0 Å². The molecule has 0 amide bonds. The Balaban J connectivity index is 0.00000220. The lowest BCUT2D eigenvalue weighted by Gasteiger charge is -2.21. The van der Waals surface area contributed by atoms with Crippen molar-refractivity contribution in [2.24, 2.45) is 10.7 Å². The Kier molecular flexibility index (Phi) is 7.77. The average Bonchev–Trinajstić information content (AvgIpc) is 2.74. The van der Waals surface area contributed by atoms with E-state index in [0.29, 0.717) is 12.5 Å². The zero-order valence-electron chi connectivity index (χ0n) is 12.3. The summed E-state index contributed by atoms with van der Waals surface area (Å²) < 4.78 is 18.5. The molecule has 0 saturated carbocycles. The Bertz CT molecular complexity index is 474. The number of nitrogens with two attached hydrogens (primary N) is 1. The van der Waals surface area contributed by atoms with Crippen LogP contribution in [0.25, 0.3) is 0 Å². The van der Waals surface area contributed by atoms with E-state index in [4.69, 9.17) is 10.5 Å². The highest BCUT2D eigenvalue weighted by molar-refractivity contribution is 14.0. The van der Waals surface area contributed by atoms with E-state index < -0.39 is 0 Å². The van der Waals surface area contributed by atoms with E-state index in [1.807, 2.05) is 0 Å². The molecule has 1 aliphatic heterocycles. The molecule has 2 rings (SSSR count). The minimum absolute atomic E-state index is 0. The van der Waals surface area contributed by atoms with Gasteiger partial charge in [-0.15, -0.1) is 24.0 Å². The third-order valence-electron chi connectivity index (χ3n) is 3.57. The fraction of sp³-hybridized carbons (Fsp3) is 0.533. The Hall–Kier alpha value is -1.05. The summed E-state index contributed by atoms with van der Waals surface area (Å²) in [5.41, 5.74) is 6.81. The number of rotatable bonds is 3. The van der Waals surface area contributed by atoms with Crippen LogP contribution in [-0.4, -0.2) is 31.1 Å². The fourth-order valence-electron chi connectivity index (χ4n) is 2.38. The number of aliphatic imine (C=N–C) groups is 1. The quantitative estimate of drug-likeness (QED) is 0.476. The van der Waals surface area contributed by atoms with E-state index in [1.54, 1.807) is 12.1 Å². The van der Waals surface area contributed by atoms with Crippen molar-refractivity contribution < 1.29 is 9.13 Å². The smallest absolute Gasteiger partial charge is 0.191 e. The number of hydrogen-bond donors (Lipinski definition) is 1. The van der Waals surface area contributed by atoms with E-state index in [1.165, 1.54) is 26.0 Å². The van der Waals surface area contributed by atoms with Crippen LogP contribution in [-0.2, 0) is 6.54 Å². The van der Waals surface area contributed by atoms with Crippen LogP contribution < -0.4 is 10.5 Å². The van der Waals surface area contributed by atoms with Gasteiger partial charge in [-0.25, -0.2) is 9.38 Å². The van der Waals surface area contributed by atoms with Gasteiger partial charge in [0.15, 0.2) is 17.5 Å². The molecule has 0 aromatic heterocycles. The standard InChI is InChI=1S/C15H22FN3O.HI/c1-20-14-7-6-12(10-13(14)16)11-18-15(17)19-8-4-2-3-5-9-19;/h6-7,10H,2-5,8-9,11H2,1H3,(H2,17,18);1H. The zero-order chi connectivity index (χ0) is 14.4. The summed E-state index contributed by atoms with van der Waals surface area (Å²) in [6.07, 6.45) is 4.84. The molecule has 21 heavy (non-hydrogen) atoms. The normalized spacial score (nSPS) is 16.1. The summed E-state index contributed by atoms with van der Waals surface area (Å²) in [7, 11) is 1.45. The van der Waals surface area contributed by atoms with Crippen molar-refractivity contribution in [3.05, 3.63) is 29.6 Å². The molecule has 1 aliphatic rings. The van der Waals surface area contributed by atoms with Crippen molar-refractivity contribution in [1.29, 1.82) is 0 Å². The Morgan fingerprint density at radius 1 is 1.29 bits per heavy atom. The Morgan fingerprint density at radius 2 is 1.95 bits per heavy atom. The third-order valence-corrected chi connectivity index (χ3v) is 3.57. The maximum atomic E-state index is 13.6. The lowest BCUT2D eigenvalue weighted by atomic mass is 10.2. The average molecular weight is 407 g/mol. The van der Waals surface area contributed by atoms with E-state index in [0.717, 1.165) is 31.5 Å². The molecule has 1 aromatic carbocycles. The summed E-state index contributed by atoms with van der Waals surface area (Å²) in [6, 6.07) is 4.86. The molecule has 0 atom stereocenters. The van der Waals surface area contributed by atoms with Crippen LogP contribution in [0.2, 0.25) is 0 Å². The van der Waals surface area contributed by atoms with Crippen molar-refractivity contribution >= 4 is 29.9 Å². The summed E-state index contributed by atoms with van der Waals surface area (Å²) in [6.45, 7) is 2.32. The van der Waals surface area contributed by atoms with Crippen LogP contribution >= 0.6 is 24.0 Å². The van der Waals surface area contributed by atoms with Gasteiger partial charge in [0.2, 0.25) is 0 Å².